The molecule has 1 aliphatic rings. The number of hydrogen-bond acceptors (Lipinski definition) is 3. The van der Waals surface area contributed by atoms with Gasteiger partial charge in [0.1, 0.15) is 0 Å². The molecule has 0 aliphatic carbocycles. The van der Waals surface area contributed by atoms with Gasteiger partial charge in [0.2, 0.25) is 0 Å². The van der Waals surface area contributed by atoms with Crippen LogP contribution in [0.3, 0.4) is 0 Å². The fourth-order valence-corrected chi connectivity index (χ4v) is 4.30. The Labute approximate surface area is 103 Å². The first-order chi connectivity index (χ1) is 7.20. The van der Waals surface area contributed by atoms with Crippen molar-refractivity contribution < 1.29 is 4.79 Å². The van der Waals surface area contributed by atoms with Crippen molar-refractivity contribution >= 4 is 40.5 Å². The highest BCUT2D eigenvalue weighted by Gasteiger charge is 2.26. The Morgan fingerprint density at radius 1 is 1.53 bits per heavy atom. The van der Waals surface area contributed by atoms with Gasteiger partial charge in [-0.15, -0.1) is 11.3 Å². The van der Waals surface area contributed by atoms with Crippen molar-refractivity contribution in [3.05, 3.63) is 20.8 Å². The minimum atomic E-state index is 0.147. The topological polar surface area (TPSA) is 17.1 Å². The zero-order valence-corrected chi connectivity index (χ0v) is 11.0. The van der Waals surface area contributed by atoms with E-state index in [9.17, 15) is 4.79 Å². The van der Waals surface area contributed by atoms with Crippen LogP contribution in [-0.4, -0.2) is 16.8 Å². The molecule has 1 aliphatic heterocycles. The number of hydrogen-bond donors (Lipinski definition) is 0. The fourth-order valence-electron chi connectivity index (χ4n) is 1.69. The molecule has 1 atom stereocenters. The quantitative estimate of drug-likeness (QED) is 0.742. The molecule has 1 aromatic heterocycles. The summed E-state index contributed by atoms with van der Waals surface area (Å²) in [6, 6.07) is 0. The highest BCUT2D eigenvalue weighted by Crippen LogP contribution is 2.34. The third-order valence-electron chi connectivity index (χ3n) is 2.60. The predicted molar refractivity (Wildman–Crippen MR) is 68.5 cm³/mol. The molecule has 1 fully saturated rings. The number of thiophene rings is 1. The normalized spacial score (nSPS) is 21.6. The first-order valence-corrected chi connectivity index (χ1v) is 7.40. The Morgan fingerprint density at radius 3 is 2.87 bits per heavy atom. The number of rotatable bonds is 2. The molecule has 0 aromatic carbocycles. The van der Waals surface area contributed by atoms with Crippen molar-refractivity contribution in [2.24, 2.45) is 0 Å². The van der Waals surface area contributed by atoms with Crippen molar-refractivity contribution in [2.75, 3.05) is 5.75 Å². The van der Waals surface area contributed by atoms with Gasteiger partial charge in [0.15, 0.2) is 5.78 Å². The SMILES string of the molecule is Cc1csc(C(=O)C2CCCCS2)c1Cl. The molecule has 15 heavy (non-hydrogen) atoms. The first-order valence-electron chi connectivity index (χ1n) is 5.09. The Kier molecular flexibility index (Phi) is 3.75. The molecular formula is C11H13ClOS2. The largest absolute Gasteiger partial charge is 0.292 e. The van der Waals surface area contributed by atoms with Crippen LogP contribution in [0.25, 0.3) is 0 Å². The number of carbonyl (C=O) groups excluding carboxylic acids is 1. The van der Waals surface area contributed by atoms with Gasteiger partial charge in [-0.2, -0.15) is 11.8 Å². The molecule has 0 amide bonds. The van der Waals surface area contributed by atoms with Gasteiger partial charge in [-0.1, -0.05) is 18.0 Å². The predicted octanol–water partition coefficient (Wildman–Crippen LogP) is 4.18. The number of carbonyl (C=O) groups is 1. The molecule has 2 heterocycles. The highest BCUT2D eigenvalue weighted by molar-refractivity contribution is 8.00. The van der Waals surface area contributed by atoms with Crippen LogP contribution in [0.2, 0.25) is 5.02 Å². The average molecular weight is 261 g/mol. The molecule has 0 N–H and O–H groups in total. The van der Waals surface area contributed by atoms with Crippen LogP contribution in [0.5, 0.6) is 0 Å². The summed E-state index contributed by atoms with van der Waals surface area (Å²) in [7, 11) is 0. The number of thioether (sulfide) groups is 1. The van der Waals surface area contributed by atoms with E-state index < -0.39 is 0 Å². The maximum Gasteiger partial charge on any atom is 0.187 e. The van der Waals surface area contributed by atoms with Gasteiger partial charge in [-0.05, 0) is 36.5 Å². The lowest BCUT2D eigenvalue weighted by Gasteiger charge is -2.19. The first kappa shape index (κ1) is 11.5. The van der Waals surface area contributed by atoms with Gasteiger partial charge < -0.3 is 0 Å². The summed E-state index contributed by atoms with van der Waals surface area (Å²) in [4.78, 5) is 12.9. The second kappa shape index (κ2) is 4.89. The average Bonchev–Trinajstić information content (AvgIpc) is 2.60. The standard InChI is InChI=1S/C11H13ClOS2/c1-7-6-15-11(9(7)12)10(13)8-4-2-3-5-14-8/h6,8H,2-5H2,1H3. The fraction of sp³-hybridized carbons (Fsp3) is 0.545. The summed E-state index contributed by atoms with van der Waals surface area (Å²) >= 11 is 9.37. The smallest absolute Gasteiger partial charge is 0.187 e. The van der Waals surface area contributed by atoms with E-state index in [1.54, 1.807) is 11.8 Å². The number of aryl methyl sites for hydroxylation is 1. The van der Waals surface area contributed by atoms with Crippen molar-refractivity contribution in [3.63, 3.8) is 0 Å². The molecule has 1 nitrogen and oxygen atoms in total. The van der Waals surface area contributed by atoms with E-state index in [0.717, 1.165) is 22.6 Å². The number of Topliss-reactive ketones (excluding diaryl/α,β-unsaturated/α-hetero) is 1. The zero-order chi connectivity index (χ0) is 10.8. The molecule has 0 radical (unpaired) electrons. The lowest BCUT2D eigenvalue weighted by Crippen LogP contribution is -2.20. The van der Waals surface area contributed by atoms with Gasteiger partial charge >= 0.3 is 0 Å². The molecule has 0 spiro atoms. The van der Waals surface area contributed by atoms with E-state index in [0.29, 0.717) is 5.02 Å². The second-order valence-electron chi connectivity index (χ2n) is 3.78. The Balaban J connectivity index is 2.16. The summed E-state index contributed by atoms with van der Waals surface area (Å²) in [6.07, 6.45) is 3.42. The van der Waals surface area contributed by atoms with Crippen LogP contribution in [-0.2, 0) is 0 Å². The van der Waals surface area contributed by atoms with E-state index in [1.807, 2.05) is 12.3 Å². The van der Waals surface area contributed by atoms with Crippen LogP contribution in [0.15, 0.2) is 5.38 Å². The molecule has 4 heteroatoms. The van der Waals surface area contributed by atoms with Crippen LogP contribution in [0.1, 0.15) is 34.5 Å². The summed E-state index contributed by atoms with van der Waals surface area (Å²) in [5, 5.41) is 2.77. The summed E-state index contributed by atoms with van der Waals surface area (Å²) in [5.74, 6) is 1.35. The van der Waals surface area contributed by atoms with E-state index >= 15 is 0 Å². The molecule has 1 saturated heterocycles. The van der Waals surface area contributed by atoms with E-state index in [-0.39, 0.29) is 11.0 Å². The molecule has 1 aromatic rings. The lowest BCUT2D eigenvalue weighted by molar-refractivity contribution is 0.0989. The third-order valence-corrected chi connectivity index (χ3v) is 5.68. The van der Waals surface area contributed by atoms with Gasteiger partial charge in [-0.3, -0.25) is 4.79 Å². The Bertz CT molecular complexity index is 367. The van der Waals surface area contributed by atoms with Crippen molar-refractivity contribution in [1.82, 2.24) is 0 Å². The Morgan fingerprint density at radius 2 is 2.33 bits per heavy atom. The van der Waals surface area contributed by atoms with Crippen molar-refractivity contribution in [3.8, 4) is 0 Å². The van der Waals surface area contributed by atoms with Crippen molar-refractivity contribution in [1.29, 1.82) is 0 Å². The van der Waals surface area contributed by atoms with Crippen LogP contribution < -0.4 is 0 Å². The molecular weight excluding hydrogens is 248 g/mol. The van der Waals surface area contributed by atoms with Gasteiger partial charge in [0.05, 0.1) is 15.1 Å². The maximum absolute atomic E-state index is 12.1. The molecule has 0 saturated carbocycles. The van der Waals surface area contributed by atoms with Crippen LogP contribution in [0.4, 0.5) is 0 Å². The zero-order valence-electron chi connectivity index (χ0n) is 8.59. The summed E-state index contributed by atoms with van der Waals surface area (Å²) in [6.45, 7) is 1.95. The van der Waals surface area contributed by atoms with Gasteiger partial charge in [0, 0.05) is 0 Å². The minimum Gasteiger partial charge on any atom is -0.292 e. The monoisotopic (exact) mass is 260 g/mol. The second-order valence-corrected chi connectivity index (χ2v) is 6.35. The molecule has 0 bridgehead atoms. The molecule has 2 rings (SSSR count). The number of halogens is 1. The van der Waals surface area contributed by atoms with E-state index in [4.69, 9.17) is 11.6 Å². The Hall–Kier alpha value is 0.01000. The number of ketones is 1. The molecule has 1 unspecified atom stereocenters. The van der Waals surface area contributed by atoms with E-state index in [1.165, 1.54) is 24.2 Å². The molecule has 82 valence electrons. The third kappa shape index (κ3) is 2.40. The maximum atomic E-state index is 12.1. The van der Waals surface area contributed by atoms with Gasteiger partial charge in [0.25, 0.3) is 0 Å². The van der Waals surface area contributed by atoms with Crippen LogP contribution in [0, 0.1) is 6.92 Å². The van der Waals surface area contributed by atoms with E-state index in [2.05, 4.69) is 0 Å². The summed E-state index contributed by atoms with van der Waals surface area (Å²) < 4.78 is 0. The summed E-state index contributed by atoms with van der Waals surface area (Å²) in [5.41, 5.74) is 1.02. The lowest BCUT2D eigenvalue weighted by atomic mass is 10.1. The highest BCUT2D eigenvalue weighted by atomic mass is 35.5. The van der Waals surface area contributed by atoms with Gasteiger partial charge in [-0.25, -0.2) is 0 Å². The van der Waals surface area contributed by atoms with Crippen LogP contribution >= 0.6 is 34.7 Å². The minimum absolute atomic E-state index is 0.147. The van der Waals surface area contributed by atoms with Crippen molar-refractivity contribution in [2.45, 2.75) is 31.4 Å².